The van der Waals surface area contributed by atoms with Gasteiger partial charge in [0.2, 0.25) is 47.3 Å². The van der Waals surface area contributed by atoms with Crippen molar-refractivity contribution in [2.45, 2.75) is 129 Å². The molecule has 60 heavy (non-hydrogen) atoms. The Morgan fingerprint density at radius 3 is 1.88 bits per heavy atom. The van der Waals surface area contributed by atoms with Gasteiger partial charge in [0.15, 0.2) is 0 Å². The first kappa shape index (κ1) is 49.3. The predicted molar refractivity (Wildman–Crippen MR) is 225 cm³/mol. The maximum Gasteiger partial charge on any atom is 0.245 e. The van der Waals surface area contributed by atoms with Crippen LogP contribution >= 0.6 is 0 Å². The highest BCUT2D eigenvalue weighted by molar-refractivity contribution is 5.98. The number of hydrogen-bond donors (Lipinski definition) is 4. The first-order valence-electron chi connectivity index (χ1n) is 21.1. The molecule has 1 aromatic rings. The molecule has 2 fully saturated rings. The summed E-state index contributed by atoms with van der Waals surface area (Å²) < 4.78 is 0. The molecule has 2 aliphatic heterocycles. The first-order chi connectivity index (χ1) is 28.1. The summed E-state index contributed by atoms with van der Waals surface area (Å²) in [5, 5.41) is 18.7. The highest BCUT2D eigenvalue weighted by Gasteiger charge is 2.40. The standard InChI is InChI=1S/C43H68N8O9/c1-26(2)21-31-41(58)48(8)28(5)40(57)50(10)34(23-30-17-13-11-14-18-30)43(60)47(7)25-36(54)49(9)33(22-27(3)4)38(55)46-37(29(6)52)39(56)45-32(24-35(53)44-31)42(59)51-19-15-12-16-20-51/h11,13-14,17-18,26-29,31-34,37,52H,12,15-16,19-25H2,1-10H3,(H,44,53)(H,45,56)(H,46,55)/t28-,29+,31-,32-,33-,34-,37-/m0/s1. The number of likely N-dealkylation sites (N-methyl/N-ethyl adjacent to an activating group) is 4. The van der Waals surface area contributed by atoms with Gasteiger partial charge in [-0.25, -0.2) is 0 Å². The number of rotatable bonds is 8. The van der Waals surface area contributed by atoms with Crippen molar-refractivity contribution in [3.63, 3.8) is 0 Å². The lowest BCUT2D eigenvalue weighted by Crippen LogP contribution is -2.61. The number of aliphatic hydroxyl groups excluding tert-OH is 1. The molecule has 0 saturated carbocycles. The molecule has 17 nitrogen and oxygen atoms in total. The Morgan fingerprint density at radius 1 is 0.717 bits per heavy atom. The van der Waals surface area contributed by atoms with Crippen LogP contribution in [0.25, 0.3) is 0 Å². The summed E-state index contributed by atoms with van der Waals surface area (Å²) in [5.41, 5.74) is 0.744. The summed E-state index contributed by atoms with van der Waals surface area (Å²) in [5.74, 6) is -5.45. The fourth-order valence-electron chi connectivity index (χ4n) is 7.57. The Bertz CT molecular complexity index is 1680. The Balaban J connectivity index is 2.14. The maximum absolute atomic E-state index is 14.3. The van der Waals surface area contributed by atoms with Gasteiger partial charge in [-0.05, 0) is 63.4 Å². The van der Waals surface area contributed by atoms with Gasteiger partial charge >= 0.3 is 0 Å². The molecule has 8 amide bonds. The third-order valence-corrected chi connectivity index (χ3v) is 11.3. The van der Waals surface area contributed by atoms with E-state index in [2.05, 4.69) is 16.0 Å². The topological polar surface area (TPSA) is 209 Å². The Kier molecular flexibility index (Phi) is 18.5. The monoisotopic (exact) mass is 841 g/mol. The SMILES string of the molecule is CC(C)C[C@@H]1NC(=O)C[C@@H](C(=O)N2CCCCC2)NC(=O)[C@H]([C@@H](C)O)NC(=O)[C@H](CC(C)C)N(C)C(=O)CN(C)C(=O)[C@H](Cc2ccccc2)N(C)C(=O)[C@H](C)N(C)C1=O. The molecule has 2 aliphatic rings. The Morgan fingerprint density at radius 2 is 1.32 bits per heavy atom. The van der Waals surface area contributed by atoms with Crippen molar-refractivity contribution < 1.29 is 43.5 Å². The van der Waals surface area contributed by atoms with Gasteiger partial charge in [0.25, 0.3) is 0 Å². The van der Waals surface area contributed by atoms with Crippen LogP contribution in [0.4, 0.5) is 0 Å². The van der Waals surface area contributed by atoms with Crippen LogP contribution < -0.4 is 16.0 Å². The van der Waals surface area contributed by atoms with E-state index >= 15 is 0 Å². The number of carbonyl (C=O) groups excluding carboxylic acids is 8. The molecule has 2 saturated heterocycles. The zero-order valence-electron chi connectivity index (χ0n) is 37.1. The van der Waals surface area contributed by atoms with Crippen molar-refractivity contribution in [1.82, 2.24) is 40.4 Å². The fraction of sp³-hybridized carbons (Fsp3) is 0.674. The number of amides is 8. The molecule has 2 heterocycles. The molecule has 7 atom stereocenters. The van der Waals surface area contributed by atoms with Gasteiger partial charge in [-0.2, -0.15) is 0 Å². The van der Waals surface area contributed by atoms with Crippen molar-refractivity contribution in [2.24, 2.45) is 11.8 Å². The van der Waals surface area contributed by atoms with E-state index in [1.165, 1.54) is 61.6 Å². The van der Waals surface area contributed by atoms with Gasteiger partial charge in [0.05, 0.1) is 19.1 Å². The normalized spacial score (nSPS) is 26.1. The summed E-state index contributed by atoms with van der Waals surface area (Å²) in [6, 6.07) is 1.57. The summed E-state index contributed by atoms with van der Waals surface area (Å²) in [4.78, 5) is 119. The number of nitrogens with one attached hydrogen (secondary N) is 3. The van der Waals surface area contributed by atoms with Crippen molar-refractivity contribution in [3.05, 3.63) is 35.9 Å². The summed E-state index contributed by atoms with van der Waals surface area (Å²) >= 11 is 0. The van der Waals surface area contributed by atoms with Gasteiger partial charge in [0, 0.05) is 47.7 Å². The average Bonchev–Trinajstić information content (AvgIpc) is 3.20. The maximum atomic E-state index is 14.3. The van der Waals surface area contributed by atoms with Crippen LogP contribution in [0.1, 0.15) is 85.6 Å². The van der Waals surface area contributed by atoms with Crippen LogP contribution in [0.2, 0.25) is 0 Å². The minimum atomic E-state index is -1.59. The van der Waals surface area contributed by atoms with Crippen LogP contribution in [-0.2, 0) is 44.8 Å². The molecular formula is C43H68N8O9. The third-order valence-electron chi connectivity index (χ3n) is 11.3. The molecular weight excluding hydrogens is 773 g/mol. The fourth-order valence-corrected chi connectivity index (χ4v) is 7.57. The van der Waals surface area contributed by atoms with E-state index in [-0.39, 0.29) is 31.1 Å². The number of likely N-dealkylation sites (tertiary alicyclic amines) is 1. The largest absolute Gasteiger partial charge is 0.391 e. The van der Waals surface area contributed by atoms with E-state index in [9.17, 15) is 43.5 Å². The first-order valence-corrected chi connectivity index (χ1v) is 21.1. The number of piperidine rings is 1. The lowest BCUT2D eigenvalue weighted by atomic mass is 10.00. The molecule has 4 N–H and O–H groups in total. The minimum Gasteiger partial charge on any atom is -0.391 e. The second-order valence-electron chi connectivity index (χ2n) is 17.3. The van der Waals surface area contributed by atoms with Crippen LogP contribution in [-0.4, -0.2) is 167 Å². The number of aliphatic hydroxyl groups is 1. The molecule has 17 heteroatoms. The number of benzene rings is 1. The third kappa shape index (κ3) is 13.5. The lowest BCUT2D eigenvalue weighted by molar-refractivity contribution is -0.151. The zero-order valence-corrected chi connectivity index (χ0v) is 37.1. The van der Waals surface area contributed by atoms with Crippen molar-refractivity contribution in [3.8, 4) is 0 Å². The predicted octanol–water partition coefficient (Wildman–Crippen LogP) is 0.532. The van der Waals surface area contributed by atoms with Gasteiger partial charge in [-0.15, -0.1) is 0 Å². The van der Waals surface area contributed by atoms with Crippen LogP contribution in [0.3, 0.4) is 0 Å². The Labute approximate surface area is 354 Å². The summed E-state index contributed by atoms with van der Waals surface area (Å²) in [6.45, 7) is 10.6. The summed E-state index contributed by atoms with van der Waals surface area (Å²) in [7, 11) is 5.74. The molecule has 0 unspecified atom stereocenters. The lowest BCUT2D eigenvalue weighted by Gasteiger charge is -2.36. The van der Waals surface area contributed by atoms with E-state index in [0.717, 1.165) is 24.8 Å². The molecule has 3 rings (SSSR count). The highest BCUT2D eigenvalue weighted by Crippen LogP contribution is 2.18. The number of hydrogen-bond acceptors (Lipinski definition) is 9. The van der Waals surface area contributed by atoms with Crippen LogP contribution in [0.15, 0.2) is 30.3 Å². The highest BCUT2D eigenvalue weighted by atomic mass is 16.3. The molecule has 0 radical (unpaired) electrons. The summed E-state index contributed by atoms with van der Waals surface area (Å²) in [6.07, 6.45) is 0.776. The van der Waals surface area contributed by atoms with E-state index in [1.54, 1.807) is 17.0 Å². The van der Waals surface area contributed by atoms with Gasteiger partial charge in [-0.1, -0.05) is 58.0 Å². The average molecular weight is 841 g/mol. The number of carbonyl (C=O) groups is 8. The second-order valence-corrected chi connectivity index (χ2v) is 17.3. The van der Waals surface area contributed by atoms with Gasteiger partial charge in [0.1, 0.15) is 36.3 Å². The Hall–Kier alpha value is -5.06. The van der Waals surface area contributed by atoms with E-state index in [1.807, 2.05) is 45.9 Å². The van der Waals surface area contributed by atoms with E-state index in [0.29, 0.717) is 13.1 Å². The molecule has 0 aromatic heterocycles. The van der Waals surface area contributed by atoms with Crippen molar-refractivity contribution >= 4 is 47.3 Å². The van der Waals surface area contributed by atoms with Gasteiger partial charge in [-0.3, -0.25) is 38.4 Å². The van der Waals surface area contributed by atoms with Crippen LogP contribution in [0, 0.1) is 11.8 Å². The number of nitrogens with zero attached hydrogens (tertiary/aromatic N) is 5. The smallest absolute Gasteiger partial charge is 0.245 e. The molecule has 1 aromatic carbocycles. The molecule has 0 aliphatic carbocycles. The minimum absolute atomic E-state index is 0.0885. The molecule has 334 valence electrons. The van der Waals surface area contributed by atoms with Crippen LogP contribution in [0.5, 0.6) is 0 Å². The van der Waals surface area contributed by atoms with Gasteiger partial charge < -0.3 is 45.6 Å². The quantitative estimate of drug-likeness (QED) is 0.288. The molecule has 0 spiro atoms. The van der Waals surface area contributed by atoms with Crippen molar-refractivity contribution in [1.29, 1.82) is 0 Å². The second kappa shape index (κ2) is 22.5. The van der Waals surface area contributed by atoms with Crippen molar-refractivity contribution in [2.75, 3.05) is 47.8 Å². The zero-order chi connectivity index (χ0) is 45.0. The van der Waals surface area contributed by atoms with E-state index in [4.69, 9.17) is 0 Å². The molecule has 0 bridgehead atoms. The van der Waals surface area contributed by atoms with E-state index < -0.39 is 103 Å².